The second kappa shape index (κ2) is 6.19. The van der Waals surface area contributed by atoms with Crippen molar-refractivity contribution < 1.29 is 14.7 Å². The van der Waals surface area contributed by atoms with Gasteiger partial charge in [-0.3, -0.25) is 9.59 Å². The first-order valence-electron chi connectivity index (χ1n) is 6.05. The number of aliphatic carboxylic acids is 1. The van der Waals surface area contributed by atoms with Crippen molar-refractivity contribution in [3.8, 4) is 0 Å². The van der Waals surface area contributed by atoms with Crippen molar-refractivity contribution in [1.29, 1.82) is 0 Å². The molecular weight excluding hydrogens is 230 g/mol. The van der Waals surface area contributed by atoms with E-state index in [1.165, 1.54) is 0 Å². The summed E-state index contributed by atoms with van der Waals surface area (Å²) < 4.78 is 0. The number of rotatable bonds is 5. The summed E-state index contributed by atoms with van der Waals surface area (Å²) in [7, 11) is 0. The number of nitrogens with zero attached hydrogens (tertiary/aromatic N) is 1. The van der Waals surface area contributed by atoms with E-state index in [1.54, 1.807) is 18.7 Å². The van der Waals surface area contributed by atoms with Crippen molar-refractivity contribution in [2.24, 2.45) is 5.92 Å². The van der Waals surface area contributed by atoms with Crippen LogP contribution in [-0.2, 0) is 9.59 Å². The van der Waals surface area contributed by atoms with Crippen molar-refractivity contribution in [2.75, 3.05) is 11.4 Å². The van der Waals surface area contributed by atoms with Crippen molar-refractivity contribution in [3.05, 3.63) is 29.8 Å². The van der Waals surface area contributed by atoms with Gasteiger partial charge in [-0.25, -0.2) is 0 Å². The van der Waals surface area contributed by atoms with Crippen LogP contribution in [0.4, 0.5) is 5.69 Å². The predicted molar refractivity (Wildman–Crippen MR) is 70.6 cm³/mol. The fourth-order valence-corrected chi connectivity index (χ4v) is 1.69. The molecule has 0 fully saturated rings. The molecule has 1 unspecified atom stereocenters. The molecule has 4 heteroatoms. The number of hydrogen-bond donors (Lipinski definition) is 1. The van der Waals surface area contributed by atoms with E-state index < -0.39 is 11.9 Å². The number of carbonyl (C=O) groups excluding carboxylic acids is 1. The molecule has 0 heterocycles. The van der Waals surface area contributed by atoms with E-state index in [1.807, 2.05) is 31.2 Å². The number of aryl methyl sites for hydroxylation is 1. The minimum atomic E-state index is -0.892. The zero-order chi connectivity index (χ0) is 13.7. The number of hydrogen-bond acceptors (Lipinski definition) is 2. The lowest BCUT2D eigenvalue weighted by Crippen LogP contribution is -2.36. The number of amides is 1. The van der Waals surface area contributed by atoms with Gasteiger partial charge < -0.3 is 10.0 Å². The molecule has 0 radical (unpaired) electrons. The minimum Gasteiger partial charge on any atom is -0.481 e. The third-order valence-electron chi connectivity index (χ3n) is 2.79. The van der Waals surface area contributed by atoms with E-state index >= 15 is 0 Å². The lowest BCUT2D eigenvalue weighted by molar-refractivity contribution is -0.140. The van der Waals surface area contributed by atoms with Crippen LogP contribution in [0.25, 0.3) is 0 Å². The lowest BCUT2D eigenvalue weighted by atomic mass is 10.1. The third-order valence-corrected chi connectivity index (χ3v) is 2.79. The Morgan fingerprint density at radius 1 is 1.39 bits per heavy atom. The van der Waals surface area contributed by atoms with Crippen molar-refractivity contribution in [2.45, 2.75) is 27.2 Å². The summed E-state index contributed by atoms with van der Waals surface area (Å²) in [4.78, 5) is 24.4. The third kappa shape index (κ3) is 3.58. The van der Waals surface area contributed by atoms with Gasteiger partial charge in [0.15, 0.2) is 0 Å². The normalized spacial score (nSPS) is 11.9. The molecule has 0 aliphatic carbocycles. The standard InChI is InChI=1S/C14H19NO3/c1-4-13(16)15(9-11(3)14(17)18)12-7-5-6-10(2)8-12/h5-8,11H,4,9H2,1-3H3,(H,17,18). The highest BCUT2D eigenvalue weighted by Crippen LogP contribution is 2.18. The first-order chi connectivity index (χ1) is 8.45. The van der Waals surface area contributed by atoms with Crippen LogP contribution in [0.2, 0.25) is 0 Å². The fourth-order valence-electron chi connectivity index (χ4n) is 1.69. The molecule has 1 aromatic rings. The molecule has 0 spiro atoms. The molecule has 0 aliphatic heterocycles. The molecule has 0 saturated heterocycles. The summed E-state index contributed by atoms with van der Waals surface area (Å²) >= 11 is 0. The average molecular weight is 249 g/mol. The van der Waals surface area contributed by atoms with Gasteiger partial charge in [0, 0.05) is 18.7 Å². The van der Waals surface area contributed by atoms with Crippen LogP contribution in [0.5, 0.6) is 0 Å². The molecule has 1 rings (SSSR count). The van der Waals surface area contributed by atoms with Crippen LogP contribution in [0.1, 0.15) is 25.8 Å². The number of carbonyl (C=O) groups is 2. The molecule has 18 heavy (non-hydrogen) atoms. The van der Waals surface area contributed by atoms with E-state index in [0.717, 1.165) is 11.3 Å². The van der Waals surface area contributed by atoms with Gasteiger partial charge >= 0.3 is 5.97 Å². The molecule has 1 aromatic carbocycles. The van der Waals surface area contributed by atoms with Gasteiger partial charge in [-0.15, -0.1) is 0 Å². The quantitative estimate of drug-likeness (QED) is 0.872. The van der Waals surface area contributed by atoms with Crippen molar-refractivity contribution >= 4 is 17.6 Å². The van der Waals surface area contributed by atoms with Gasteiger partial charge in [-0.1, -0.05) is 26.0 Å². The molecule has 0 aliphatic rings. The number of carboxylic acid groups (broad SMARTS) is 1. The fraction of sp³-hybridized carbons (Fsp3) is 0.429. The van der Waals surface area contributed by atoms with Crippen LogP contribution in [-0.4, -0.2) is 23.5 Å². The Kier molecular flexibility index (Phi) is 4.89. The van der Waals surface area contributed by atoms with E-state index in [0.29, 0.717) is 6.42 Å². The minimum absolute atomic E-state index is 0.0614. The molecule has 0 bridgehead atoms. The Balaban J connectivity index is 2.98. The zero-order valence-electron chi connectivity index (χ0n) is 11.0. The molecule has 1 amide bonds. The van der Waals surface area contributed by atoms with E-state index in [4.69, 9.17) is 5.11 Å². The Morgan fingerprint density at radius 2 is 2.06 bits per heavy atom. The predicted octanol–water partition coefficient (Wildman–Crippen LogP) is 2.46. The summed E-state index contributed by atoms with van der Waals surface area (Å²) in [5.41, 5.74) is 1.80. The highest BCUT2D eigenvalue weighted by Gasteiger charge is 2.20. The second-order valence-corrected chi connectivity index (χ2v) is 4.44. The van der Waals surface area contributed by atoms with Crippen LogP contribution in [0.3, 0.4) is 0 Å². The van der Waals surface area contributed by atoms with Gasteiger partial charge in [0.25, 0.3) is 0 Å². The first kappa shape index (κ1) is 14.2. The van der Waals surface area contributed by atoms with Gasteiger partial charge in [0.05, 0.1) is 5.92 Å². The number of carboxylic acids is 1. The highest BCUT2D eigenvalue weighted by molar-refractivity contribution is 5.93. The van der Waals surface area contributed by atoms with E-state index in [-0.39, 0.29) is 12.5 Å². The van der Waals surface area contributed by atoms with Gasteiger partial charge in [-0.2, -0.15) is 0 Å². The summed E-state index contributed by atoms with van der Waals surface area (Å²) in [5.74, 6) is -1.54. The van der Waals surface area contributed by atoms with Gasteiger partial charge in [-0.05, 0) is 24.6 Å². The van der Waals surface area contributed by atoms with Crippen LogP contribution >= 0.6 is 0 Å². The number of benzene rings is 1. The van der Waals surface area contributed by atoms with Crippen molar-refractivity contribution in [3.63, 3.8) is 0 Å². The monoisotopic (exact) mass is 249 g/mol. The van der Waals surface area contributed by atoms with Gasteiger partial charge in [0.2, 0.25) is 5.91 Å². The Morgan fingerprint density at radius 3 is 2.56 bits per heavy atom. The van der Waals surface area contributed by atoms with E-state index in [2.05, 4.69) is 0 Å². The Labute approximate surface area is 107 Å². The van der Waals surface area contributed by atoms with Gasteiger partial charge in [0.1, 0.15) is 0 Å². The zero-order valence-corrected chi connectivity index (χ0v) is 11.0. The summed E-state index contributed by atoms with van der Waals surface area (Å²) in [5, 5.41) is 8.95. The molecule has 0 saturated carbocycles. The summed E-state index contributed by atoms with van der Waals surface area (Å²) in [6.45, 7) is 5.52. The molecular formula is C14H19NO3. The topological polar surface area (TPSA) is 57.6 Å². The summed E-state index contributed by atoms with van der Waals surface area (Å²) in [6, 6.07) is 7.53. The SMILES string of the molecule is CCC(=O)N(CC(C)C(=O)O)c1cccc(C)c1. The second-order valence-electron chi connectivity index (χ2n) is 4.44. The van der Waals surface area contributed by atoms with Crippen LogP contribution < -0.4 is 4.90 Å². The average Bonchev–Trinajstić information content (AvgIpc) is 2.34. The maximum atomic E-state index is 11.9. The maximum absolute atomic E-state index is 11.9. The smallest absolute Gasteiger partial charge is 0.308 e. The highest BCUT2D eigenvalue weighted by atomic mass is 16.4. The van der Waals surface area contributed by atoms with Crippen LogP contribution in [0.15, 0.2) is 24.3 Å². The number of anilines is 1. The molecule has 1 atom stereocenters. The Hall–Kier alpha value is -1.84. The molecule has 98 valence electrons. The molecule has 0 aromatic heterocycles. The van der Waals surface area contributed by atoms with Crippen LogP contribution in [0, 0.1) is 12.8 Å². The Bertz CT molecular complexity index is 442. The van der Waals surface area contributed by atoms with E-state index in [9.17, 15) is 9.59 Å². The molecule has 4 nitrogen and oxygen atoms in total. The lowest BCUT2D eigenvalue weighted by Gasteiger charge is -2.24. The summed E-state index contributed by atoms with van der Waals surface area (Å²) in [6.07, 6.45) is 0.361. The largest absolute Gasteiger partial charge is 0.481 e. The van der Waals surface area contributed by atoms with Crippen molar-refractivity contribution in [1.82, 2.24) is 0 Å². The molecule has 1 N–H and O–H groups in total. The first-order valence-corrected chi connectivity index (χ1v) is 6.05. The maximum Gasteiger partial charge on any atom is 0.308 e.